The van der Waals surface area contributed by atoms with E-state index in [9.17, 15) is 9.59 Å². The first-order chi connectivity index (χ1) is 19.8. The number of hydrogen-bond acceptors (Lipinski definition) is 8. The number of amides is 2. The molecule has 11 heteroatoms. The highest BCUT2D eigenvalue weighted by Crippen LogP contribution is 2.40. The summed E-state index contributed by atoms with van der Waals surface area (Å²) in [5.74, 6) is 1.98. The molecule has 2 N–H and O–H groups in total. The van der Waals surface area contributed by atoms with Gasteiger partial charge in [0.1, 0.15) is 6.04 Å². The summed E-state index contributed by atoms with van der Waals surface area (Å²) in [6.45, 7) is 11.0. The largest absolute Gasteiger partial charge is 0.493 e. The van der Waals surface area contributed by atoms with Crippen LogP contribution in [0.1, 0.15) is 51.3 Å². The van der Waals surface area contributed by atoms with E-state index < -0.39 is 6.04 Å². The van der Waals surface area contributed by atoms with Crippen LogP contribution in [0.5, 0.6) is 11.5 Å². The van der Waals surface area contributed by atoms with E-state index in [0.717, 1.165) is 23.3 Å². The van der Waals surface area contributed by atoms with Gasteiger partial charge in [-0.3, -0.25) is 9.59 Å². The molecular formula is C30H38N6O4S. The molecule has 1 atom stereocenters. The van der Waals surface area contributed by atoms with Gasteiger partial charge in [0, 0.05) is 30.2 Å². The summed E-state index contributed by atoms with van der Waals surface area (Å²) < 4.78 is 13.3. The van der Waals surface area contributed by atoms with Crippen molar-refractivity contribution in [2.45, 2.75) is 52.2 Å². The van der Waals surface area contributed by atoms with Gasteiger partial charge in [0.05, 0.1) is 12.7 Å². The second kappa shape index (κ2) is 13.6. The van der Waals surface area contributed by atoms with Crippen LogP contribution in [-0.4, -0.2) is 64.0 Å². The van der Waals surface area contributed by atoms with Gasteiger partial charge in [-0.25, -0.2) is 4.68 Å². The minimum atomic E-state index is -0.583. The highest BCUT2D eigenvalue weighted by atomic mass is 32.2. The smallest absolute Gasteiger partial charge is 0.260 e. The number of hydrogen-bond donors (Lipinski definition) is 2. The molecule has 2 aromatic carbocycles. The molecule has 1 aliphatic rings. The molecule has 1 unspecified atom stereocenters. The lowest BCUT2D eigenvalue weighted by atomic mass is 9.94. The topological polar surface area (TPSA) is 111 Å². The number of thioether (sulfide) groups is 1. The number of anilines is 2. The third-order valence-corrected chi connectivity index (χ3v) is 7.84. The van der Waals surface area contributed by atoms with E-state index in [1.807, 2.05) is 64.1 Å². The number of methoxy groups -OCH3 is 1. The van der Waals surface area contributed by atoms with Gasteiger partial charge in [-0.05, 0) is 63.9 Å². The quantitative estimate of drug-likeness (QED) is 0.280. The fourth-order valence-electron chi connectivity index (χ4n) is 4.60. The normalized spacial score (nSPS) is 14.2. The summed E-state index contributed by atoms with van der Waals surface area (Å²) >= 11 is 1.57. The predicted molar refractivity (Wildman–Crippen MR) is 162 cm³/mol. The summed E-state index contributed by atoms with van der Waals surface area (Å²) in [7, 11) is 1.55. The molecule has 0 spiro atoms. The van der Waals surface area contributed by atoms with Crippen LogP contribution in [0.2, 0.25) is 0 Å². The average Bonchev–Trinajstić information content (AvgIpc) is 3.38. The number of nitrogens with one attached hydrogen (secondary N) is 2. The van der Waals surface area contributed by atoms with Crippen molar-refractivity contribution in [3.05, 3.63) is 64.9 Å². The number of benzene rings is 2. The minimum absolute atomic E-state index is 0.0980. The molecule has 0 aliphatic carbocycles. The third kappa shape index (κ3) is 6.84. The molecule has 2 heterocycles. The fraction of sp³-hybridized carbons (Fsp3) is 0.400. The van der Waals surface area contributed by atoms with Gasteiger partial charge in [-0.1, -0.05) is 42.4 Å². The molecule has 2 amide bonds. The number of allylic oxidation sites excluding steroid dienone is 1. The Hall–Kier alpha value is -3.99. The van der Waals surface area contributed by atoms with Gasteiger partial charge in [-0.15, -0.1) is 5.10 Å². The number of carbonyl (C=O) groups is 2. The Balaban J connectivity index is 1.71. The Bertz CT molecular complexity index is 1410. The zero-order valence-corrected chi connectivity index (χ0v) is 25.3. The number of fused-ring (bicyclic) bond motifs is 1. The van der Waals surface area contributed by atoms with Gasteiger partial charge in [0.25, 0.3) is 11.8 Å². The van der Waals surface area contributed by atoms with Crippen molar-refractivity contribution in [1.29, 1.82) is 0 Å². The number of ether oxygens (including phenoxy) is 2. The Kier molecular flexibility index (Phi) is 9.93. The fourth-order valence-corrected chi connectivity index (χ4v) is 5.29. The zero-order chi connectivity index (χ0) is 29.5. The number of aryl methyl sites for hydroxylation is 1. The van der Waals surface area contributed by atoms with E-state index in [1.54, 1.807) is 34.5 Å². The number of rotatable bonds is 12. The van der Waals surface area contributed by atoms with Crippen LogP contribution in [0, 0.1) is 6.92 Å². The van der Waals surface area contributed by atoms with E-state index >= 15 is 0 Å². The maximum absolute atomic E-state index is 13.8. The molecule has 1 aromatic heterocycles. The Morgan fingerprint density at radius 2 is 1.80 bits per heavy atom. The summed E-state index contributed by atoms with van der Waals surface area (Å²) in [5.41, 5.74) is 3.74. The van der Waals surface area contributed by atoms with Crippen molar-refractivity contribution in [3.63, 3.8) is 0 Å². The standard InChI is InChI=1S/C30H38N6O4S/c1-7-16-41-30-33-29-31-20(5)26(28(38)32-22-13-10-19(4)11-14-22)27(36(29)34-30)21-12-15-23(24(17-21)39-6)40-18-25(37)35(8-2)9-3/h10-15,17,27H,7-9,16,18H2,1-6H3,(H,32,38)(H,31,33,34). The van der Waals surface area contributed by atoms with Gasteiger partial charge in [0.15, 0.2) is 18.1 Å². The molecule has 1 aliphatic heterocycles. The minimum Gasteiger partial charge on any atom is -0.493 e. The first-order valence-corrected chi connectivity index (χ1v) is 14.8. The first-order valence-electron chi connectivity index (χ1n) is 13.8. The highest BCUT2D eigenvalue weighted by Gasteiger charge is 2.35. The van der Waals surface area contributed by atoms with Gasteiger partial charge >= 0.3 is 0 Å². The molecule has 218 valence electrons. The molecule has 0 saturated carbocycles. The Labute approximate surface area is 245 Å². The second-order valence-corrected chi connectivity index (χ2v) is 10.7. The molecular weight excluding hydrogens is 540 g/mol. The van der Waals surface area contributed by atoms with Crippen molar-refractivity contribution >= 4 is 35.2 Å². The molecule has 0 saturated heterocycles. The van der Waals surface area contributed by atoms with Crippen molar-refractivity contribution in [2.24, 2.45) is 0 Å². The van der Waals surface area contributed by atoms with E-state index in [-0.39, 0.29) is 18.4 Å². The van der Waals surface area contributed by atoms with Crippen molar-refractivity contribution < 1.29 is 19.1 Å². The van der Waals surface area contributed by atoms with Crippen LogP contribution in [0.15, 0.2) is 58.9 Å². The van der Waals surface area contributed by atoms with Crippen molar-refractivity contribution in [2.75, 3.05) is 43.2 Å². The van der Waals surface area contributed by atoms with E-state index in [4.69, 9.17) is 14.6 Å². The van der Waals surface area contributed by atoms with Crippen LogP contribution in [-0.2, 0) is 9.59 Å². The number of likely N-dealkylation sites (N-methyl/N-ethyl adjacent to an activating group) is 1. The number of nitrogens with zero attached hydrogens (tertiary/aromatic N) is 4. The molecule has 0 fully saturated rings. The summed E-state index contributed by atoms with van der Waals surface area (Å²) in [6.07, 6.45) is 0.988. The van der Waals surface area contributed by atoms with Gasteiger partial charge in [-0.2, -0.15) is 4.98 Å². The van der Waals surface area contributed by atoms with Gasteiger partial charge < -0.3 is 25.0 Å². The molecule has 10 nitrogen and oxygen atoms in total. The highest BCUT2D eigenvalue weighted by molar-refractivity contribution is 7.99. The molecule has 0 radical (unpaired) electrons. The zero-order valence-electron chi connectivity index (χ0n) is 24.5. The SMILES string of the molecule is CCCSc1nc2n(n1)C(c1ccc(OCC(=O)N(CC)CC)c(OC)c1)C(C(=O)Nc1ccc(C)cc1)=C(C)N2. The lowest BCUT2D eigenvalue weighted by Gasteiger charge is -2.29. The summed E-state index contributed by atoms with van der Waals surface area (Å²) in [5, 5.41) is 11.7. The van der Waals surface area contributed by atoms with Crippen molar-refractivity contribution in [1.82, 2.24) is 19.7 Å². The summed E-state index contributed by atoms with van der Waals surface area (Å²) in [6, 6.07) is 12.5. The maximum atomic E-state index is 13.8. The number of carbonyl (C=O) groups excluding carboxylic acids is 2. The van der Waals surface area contributed by atoms with Crippen LogP contribution < -0.4 is 20.1 Å². The Morgan fingerprint density at radius 3 is 2.46 bits per heavy atom. The number of aromatic nitrogens is 3. The lowest BCUT2D eigenvalue weighted by molar-refractivity contribution is -0.133. The summed E-state index contributed by atoms with van der Waals surface area (Å²) in [4.78, 5) is 32.7. The molecule has 3 aromatic rings. The Morgan fingerprint density at radius 1 is 1.07 bits per heavy atom. The average molecular weight is 579 g/mol. The van der Waals surface area contributed by atoms with Crippen molar-refractivity contribution in [3.8, 4) is 11.5 Å². The van der Waals surface area contributed by atoms with E-state index in [2.05, 4.69) is 22.5 Å². The van der Waals surface area contributed by atoms with Crippen LogP contribution in [0.25, 0.3) is 0 Å². The van der Waals surface area contributed by atoms with E-state index in [1.165, 1.54) is 0 Å². The van der Waals surface area contributed by atoms with Crippen LogP contribution >= 0.6 is 11.8 Å². The first kappa shape index (κ1) is 30.0. The maximum Gasteiger partial charge on any atom is 0.260 e. The molecule has 41 heavy (non-hydrogen) atoms. The lowest BCUT2D eigenvalue weighted by Crippen LogP contribution is -2.34. The van der Waals surface area contributed by atoms with E-state index in [0.29, 0.717) is 52.7 Å². The third-order valence-electron chi connectivity index (χ3n) is 6.79. The van der Waals surface area contributed by atoms with Gasteiger partial charge in [0.2, 0.25) is 11.1 Å². The second-order valence-electron chi connectivity index (χ2n) is 9.66. The monoisotopic (exact) mass is 578 g/mol. The van der Waals surface area contributed by atoms with Crippen LogP contribution in [0.3, 0.4) is 0 Å². The predicted octanol–water partition coefficient (Wildman–Crippen LogP) is 5.27. The molecule has 0 bridgehead atoms. The van der Waals surface area contributed by atoms with Crippen LogP contribution in [0.4, 0.5) is 11.6 Å². The molecule has 4 rings (SSSR count).